The minimum Gasteiger partial charge on any atom is -0.0797 e. The second-order valence-corrected chi connectivity index (χ2v) is 6.69. The Morgan fingerprint density at radius 2 is 2.13 bits per heavy atom. The summed E-state index contributed by atoms with van der Waals surface area (Å²) < 4.78 is 12.3. The molecule has 1 heterocycles. The number of hydrogen-bond donors (Lipinski definition) is 0. The molecule has 1 aromatic rings. The van der Waals surface area contributed by atoms with Crippen LogP contribution in [0, 0.1) is 0 Å². The van der Waals surface area contributed by atoms with Crippen LogP contribution in [0.1, 0.15) is 12.8 Å². The van der Waals surface area contributed by atoms with Gasteiger partial charge < -0.3 is 0 Å². The summed E-state index contributed by atoms with van der Waals surface area (Å²) >= 11 is 0. The number of allylic oxidation sites excluding steroid dienone is 4. The van der Waals surface area contributed by atoms with Crippen molar-refractivity contribution in [3.63, 3.8) is 0 Å². The van der Waals surface area contributed by atoms with Crippen molar-refractivity contribution in [2.45, 2.75) is 12.8 Å². The van der Waals surface area contributed by atoms with Gasteiger partial charge in [-0.15, -0.1) is 0 Å². The van der Waals surface area contributed by atoms with Gasteiger partial charge in [0.25, 0.3) is 0 Å². The highest BCUT2D eigenvalue weighted by Crippen LogP contribution is 2.39. The number of benzene rings is 1. The van der Waals surface area contributed by atoms with Crippen LogP contribution in [-0.2, 0) is 4.57 Å². The first-order chi connectivity index (χ1) is 7.36. The van der Waals surface area contributed by atoms with Crippen molar-refractivity contribution < 1.29 is 4.57 Å². The SMILES string of the molecule is O=[P+]1C2=C(CCC=C2)[Si]c2ccccc21. The molecule has 3 rings (SSSR count). The van der Waals surface area contributed by atoms with Crippen LogP contribution in [0.15, 0.2) is 46.9 Å². The van der Waals surface area contributed by atoms with Crippen molar-refractivity contribution in [1.29, 1.82) is 0 Å². The quantitative estimate of drug-likeness (QED) is 0.491. The van der Waals surface area contributed by atoms with Crippen molar-refractivity contribution in [3.05, 3.63) is 46.9 Å². The average Bonchev–Trinajstić information content (AvgIpc) is 2.30. The molecule has 0 N–H and O–H groups in total. The number of hydrogen-bond acceptors (Lipinski definition) is 1. The van der Waals surface area contributed by atoms with E-state index in [-0.39, 0.29) is 0 Å². The molecule has 0 saturated carbocycles. The highest BCUT2D eigenvalue weighted by Gasteiger charge is 2.36. The van der Waals surface area contributed by atoms with E-state index in [1.54, 1.807) is 0 Å². The van der Waals surface area contributed by atoms with E-state index in [0.29, 0.717) is 0 Å². The van der Waals surface area contributed by atoms with Gasteiger partial charge in [-0.3, -0.25) is 0 Å². The van der Waals surface area contributed by atoms with Crippen LogP contribution in [-0.4, -0.2) is 9.52 Å². The molecule has 0 amide bonds. The van der Waals surface area contributed by atoms with Gasteiger partial charge in [-0.05, 0) is 35.4 Å². The van der Waals surface area contributed by atoms with E-state index in [1.807, 2.05) is 18.2 Å². The maximum Gasteiger partial charge on any atom is 0.414 e. The van der Waals surface area contributed by atoms with Gasteiger partial charge in [0.2, 0.25) is 0 Å². The molecular weight excluding hydrogens is 219 g/mol. The van der Waals surface area contributed by atoms with Gasteiger partial charge in [0.05, 0.1) is 0 Å². The molecule has 0 saturated heterocycles. The van der Waals surface area contributed by atoms with Crippen LogP contribution in [0.5, 0.6) is 0 Å². The molecule has 1 aromatic carbocycles. The standard InChI is InChI=1S/C12H10OPSi/c13-14-9-5-1-3-7-11(9)15-12-8-4-2-6-10(12)14/h1-3,5-7H,4,8H2/q+1. The van der Waals surface area contributed by atoms with Gasteiger partial charge in [0.1, 0.15) is 9.52 Å². The zero-order valence-electron chi connectivity index (χ0n) is 8.23. The molecule has 0 aromatic heterocycles. The molecule has 1 nitrogen and oxygen atoms in total. The van der Waals surface area contributed by atoms with Crippen LogP contribution in [0.25, 0.3) is 0 Å². The summed E-state index contributed by atoms with van der Waals surface area (Å²) in [5.74, 6) is 0. The van der Waals surface area contributed by atoms with Gasteiger partial charge in [-0.25, -0.2) is 0 Å². The van der Waals surface area contributed by atoms with Gasteiger partial charge >= 0.3 is 7.80 Å². The Labute approximate surface area is 92.5 Å². The molecular formula is C12H10OPSi+. The Morgan fingerprint density at radius 1 is 1.27 bits per heavy atom. The van der Waals surface area contributed by atoms with Crippen molar-refractivity contribution in [3.8, 4) is 0 Å². The molecule has 0 bridgehead atoms. The van der Waals surface area contributed by atoms with E-state index in [1.165, 1.54) is 10.4 Å². The summed E-state index contributed by atoms with van der Waals surface area (Å²) in [6.45, 7) is 0. The van der Waals surface area contributed by atoms with E-state index in [9.17, 15) is 4.57 Å². The van der Waals surface area contributed by atoms with Crippen LogP contribution in [0.2, 0.25) is 0 Å². The smallest absolute Gasteiger partial charge is 0.0797 e. The van der Waals surface area contributed by atoms with E-state index in [4.69, 9.17) is 0 Å². The molecule has 15 heavy (non-hydrogen) atoms. The van der Waals surface area contributed by atoms with E-state index in [2.05, 4.69) is 18.2 Å². The largest absolute Gasteiger partial charge is 0.414 e. The van der Waals surface area contributed by atoms with Crippen molar-refractivity contribution in [1.82, 2.24) is 0 Å². The molecule has 3 heteroatoms. The molecule has 1 unspecified atom stereocenters. The third-order valence-corrected chi connectivity index (χ3v) is 6.40. The van der Waals surface area contributed by atoms with E-state index < -0.39 is 7.80 Å². The maximum absolute atomic E-state index is 12.3. The summed E-state index contributed by atoms with van der Waals surface area (Å²) in [5, 5.41) is 4.86. The highest BCUT2D eigenvalue weighted by atomic mass is 31.1. The maximum atomic E-state index is 12.3. The van der Waals surface area contributed by atoms with Gasteiger partial charge in [0, 0.05) is 0 Å². The second-order valence-electron chi connectivity index (χ2n) is 3.74. The van der Waals surface area contributed by atoms with E-state index in [0.717, 1.165) is 33.0 Å². The van der Waals surface area contributed by atoms with Crippen LogP contribution >= 0.6 is 7.80 Å². The summed E-state index contributed by atoms with van der Waals surface area (Å²) in [6, 6.07) is 8.14. The molecule has 1 aliphatic carbocycles. The Morgan fingerprint density at radius 3 is 3.07 bits per heavy atom. The minimum atomic E-state index is -1.32. The summed E-state index contributed by atoms with van der Waals surface area (Å²) in [4.78, 5) is 0. The number of rotatable bonds is 0. The fraction of sp³-hybridized carbons (Fsp3) is 0.167. The Bertz CT molecular complexity index is 502. The summed E-state index contributed by atoms with van der Waals surface area (Å²) in [7, 11) is -0.582. The lowest BCUT2D eigenvalue weighted by molar-refractivity contribution is 0.596. The minimum absolute atomic E-state index is 0.733. The van der Waals surface area contributed by atoms with Crippen LogP contribution in [0.3, 0.4) is 0 Å². The molecule has 0 spiro atoms. The fourth-order valence-corrected chi connectivity index (χ4v) is 5.53. The topological polar surface area (TPSA) is 17.1 Å². The average molecular weight is 229 g/mol. The molecule has 1 aliphatic heterocycles. The van der Waals surface area contributed by atoms with Crippen molar-refractivity contribution in [2.75, 3.05) is 0 Å². The van der Waals surface area contributed by atoms with E-state index >= 15 is 0 Å². The Hall–Kier alpha value is -0.983. The molecule has 2 radical (unpaired) electrons. The third kappa shape index (κ3) is 1.45. The van der Waals surface area contributed by atoms with Crippen molar-refractivity contribution in [2.24, 2.45) is 0 Å². The lowest BCUT2D eigenvalue weighted by Gasteiger charge is -2.13. The van der Waals surface area contributed by atoms with Gasteiger partial charge in [0.15, 0.2) is 10.6 Å². The summed E-state index contributed by atoms with van der Waals surface area (Å²) in [5.41, 5.74) is 0. The molecule has 1 atom stereocenters. The predicted octanol–water partition coefficient (Wildman–Crippen LogP) is 2.04. The van der Waals surface area contributed by atoms with Crippen molar-refractivity contribution >= 4 is 27.8 Å². The lowest BCUT2D eigenvalue weighted by Crippen LogP contribution is -2.33. The molecule has 0 fully saturated rings. The number of fused-ring (bicyclic) bond motifs is 1. The first-order valence-corrected chi connectivity index (χ1v) is 7.35. The zero-order chi connectivity index (χ0) is 10.3. The predicted molar refractivity (Wildman–Crippen MR) is 64.5 cm³/mol. The second kappa shape index (κ2) is 3.55. The zero-order valence-corrected chi connectivity index (χ0v) is 10.1. The van der Waals surface area contributed by atoms with Gasteiger partial charge in [-0.1, -0.05) is 28.8 Å². The third-order valence-electron chi connectivity index (χ3n) is 2.77. The Balaban J connectivity index is 2.15. The first-order valence-electron chi connectivity index (χ1n) is 5.09. The van der Waals surface area contributed by atoms with Crippen LogP contribution < -0.4 is 10.5 Å². The molecule has 2 aliphatic rings. The summed E-state index contributed by atoms with van der Waals surface area (Å²) in [6.07, 6.45) is 6.42. The first kappa shape index (κ1) is 9.26. The normalized spacial score (nSPS) is 21.2. The lowest BCUT2D eigenvalue weighted by atomic mass is 10.2. The Kier molecular flexibility index (Phi) is 2.19. The fourth-order valence-electron chi connectivity index (χ4n) is 2.02. The highest BCUT2D eigenvalue weighted by molar-refractivity contribution is 7.59. The molecule has 72 valence electrons. The van der Waals surface area contributed by atoms with Gasteiger partial charge in [-0.2, -0.15) is 0 Å². The van der Waals surface area contributed by atoms with Crippen LogP contribution in [0.4, 0.5) is 0 Å². The monoisotopic (exact) mass is 229 g/mol.